The van der Waals surface area contributed by atoms with E-state index in [1.807, 2.05) is 12.1 Å². The van der Waals surface area contributed by atoms with Gasteiger partial charge in [0.15, 0.2) is 0 Å². The van der Waals surface area contributed by atoms with Crippen molar-refractivity contribution < 1.29 is 9.84 Å². The topological polar surface area (TPSA) is 29.5 Å². The fourth-order valence-corrected chi connectivity index (χ4v) is 2.40. The van der Waals surface area contributed by atoms with Gasteiger partial charge >= 0.3 is 0 Å². The number of benzene rings is 1. The second-order valence-electron chi connectivity index (χ2n) is 6.42. The first-order valence-electron chi connectivity index (χ1n) is 6.85. The van der Waals surface area contributed by atoms with Crippen molar-refractivity contribution in [3.8, 4) is 5.75 Å². The maximum Gasteiger partial charge on any atom is 0.123 e. The van der Waals surface area contributed by atoms with E-state index in [-0.39, 0.29) is 11.5 Å². The molecule has 1 atom stereocenters. The molecular formula is C16H24O2. The number of hydrogen-bond donors (Lipinski definition) is 1. The molecule has 1 N–H and O–H groups in total. The van der Waals surface area contributed by atoms with E-state index >= 15 is 0 Å². The normalized spacial score (nSPS) is 18.6. The van der Waals surface area contributed by atoms with Crippen LogP contribution in [0.5, 0.6) is 5.75 Å². The van der Waals surface area contributed by atoms with Crippen molar-refractivity contribution in [3.63, 3.8) is 0 Å². The molecule has 0 saturated carbocycles. The van der Waals surface area contributed by atoms with Gasteiger partial charge < -0.3 is 9.84 Å². The first-order chi connectivity index (χ1) is 8.40. The van der Waals surface area contributed by atoms with Crippen molar-refractivity contribution in [2.45, 2.75) is 52.1 Å². The highest BCUT2D eigenvalue weighted by atomic mass is 16.5. The van der Waals surface area contributed by atoms with Crippen LogP contribution in [0.1, 0.15) is 57.8 Å². The van der Waals surface area contributed by atoms with Gasteiger partial charge in [-0.25, -0.2) is 0 Å². The molecule has 100 valence electrons. The minimum atomic E-state index is -0.353. The lowest BCUT2D eigenvalue weighted by molar-refractivity contribution is 0.159. The largest absolute Gasteiger partial charge is 0.492 e. The Hall–Kier alpha value is -1.02. The Morgan fingerprint density at radius 1 is 1.28 bits per heavy atom. The molecular weight excluding hydrogens is 224 g/mol. The fraction of sp³-hybridized carbons (Fsp3) is 0.625. The Morgan fingerprint density at radius 2 is 2.00 bits per heavy atom. The summed E-state index contributed by atoms with van der Waals surface area (Å²) in [6.07, 6.45) is 1.53. The quantitative estimate of drug-likeness (QED) is 0.877. The second kappa shape index (κ2) is 4.93. The van der Waals surface area contributed by atoms with Crippen LogP contribution < -0.4 is 4.74 Å². The summed E-state index contributed by atoms with van der Waals surface area (Å²) in [5, 5.41) is 10.2. The number of aliphatic hydroxyl groups excluding tert-OH is 1. The van der Waals surface area contributed by atoms with Crippen molar-refractivity contribution >= 4 is 0 Å². The monoisotopic (exact) mass is 248 g/mol. The van der Waals surface area contributed by atoms with Gasteiger partial charge in [-0.3, -0.25) is 0 Å². The molecule has 2 rings (SSSR count). The van der Waals surface area contributed by atoms with Gasteiger partial charge in [0, 0.05) is 11.0 Å². The predicted octanol–water partition coefficient (Wildman–Crippen LogP) is 3.83. The number of aliphatic hydroxyl groups is 1. The van der Waals surface area contributed by atoms with Gasteiger partial charge in [-0.15, -0.1) is 0 Å². The van der Waals surface area contributed by atoms with Crippen molar-refractivity contribution in [3.05, 3.63) is 29.3 Å². The molecule has 1 aromatic carbocycles. The molecule has 0 bridgehead atoms. The summed E-state index contributed by atoms with van der Waals surface area (Å²) in [5.74, 6) is 1.61. The maximum atomic E-state index is 10.2. The molecule has 2 heteroatoms. The zero-order chi connectivity index (χ0) is 13.3. The van der Waals surface area contributed by atoms with Crippen LogP contribution in [0.2, 0.25) is 0 Å². The van der Waals surface area contributed by atoms with Gasteiger partial charge in [0.2, 0.25) is 0 Å². The van der Waals surface area contributed by atoms with E-state index in [0.717, 1.165) is 30.8 Å². The van der Waals surface area contributed by atoms with Gasteiger partial charge in [-0.2, -0.15) is 0 Å². The zero-order valence-corrected chi connectivity index (χ0v) is 11.9. The first-order valence-corrected chi connectivity index (χ1v) is 6.85. The van der Waals surface area contributed by atoms with Crippen LogP contribution in [0.3, 0.4) is 0 Å². The van der Waals surface area contributed by atoms with E-state index in [0.29, 0.717) is 5.92 Å². The highest BCUT2D eigenvalue weighted by Crippen LogP contribution is 2.40. The Balaban J connectivity index is 2.16. The zero-order valence-electron chi connectivity index (χ0n) is 11.9. The summed E-state index contributed by atoms with van der Waals surface area (Å²) < 4.78 is 5.67. The molecule has 0 aromatic heterocycles. The molecule has 1 heterocycles. The van der Waals surface area contributed by atoms with Crippen molar-refractivity contribution in [2.24, 2.45) is 5.92 Å². The number of rotatable bonds is 4. The Morgan fingerprint density at radius 3 is 2.67 bits per heavy atom. The van der Waals surface area contributed by atoms with E-state index in [1.165, 1.54) is 5.56 Å². The van der Waals surface area contributed by atoms with Crippen LogP contribution in [-0.4, -0.2) is 11.7 Å². The summed E-state index contributed by atoms with van der Waals surface area (Å²) in [6.45, 7) is 9.47. The summed E-state index contributed by atoms with van der Waals surface area (Å²) >= 11 is 0. The van der Waals surface area contributed by atoms with Gasteiger partial charge in [-0.05, 0) is 36.5 Å². The lowest BCUT2D eigenvalue weighted by Gasteiger charge is -2.18. The molecule has 1 aliphatic rings. The fourth-order valence-electron chi connectivity index (χ4n) is 2.40. The minimum absolute atomic E-state index is 0.0586. The highest BCUT2D eigenvalue weighted by Gasteiger charge is 2.32. The molecule has 0 radical (unpaired) electrons. The van der Waals surface area contributed by atoms with Crippen molar-refractivity contribution in [1.29, 1.82) is 0 Å². The SMILES string of the molecule is CC(C)CCC(O)c1ccc2c(c1)C(C)(C)CO2. The second-order valence-corrected chi connectivity index (χ2v) is 6.42. The van der Waals surface area contributed by atoms with Crippen LogP contribution >= 0.6 is 0 Å². The van der Waals surface area contributed by atoms with Gasteiger partial charge in [0.1, 0.15) is 5.75 Å². The smallest absolute Gasteiger partial charge is 0.123 e. The third-order valence-corrected chi connectivity index (χ3v) is 3.72. The van der Waals surface area contributed by atoms with Crippen LogP contribution in [-0.2, 0) is 5.41 Å². The predicted molar refractivity (Wildman–Crippen MR) is 74.0 cm³/mol. The molecule has 2 nitrogen and oxygen atoms in total. The van der Waals surface area contributed by atoms with E-state index in [9.17, 15) is 5.11 Å². The van der Waals surface area contributed by atoms with Gasteiger partial charge in [-0.1, -0.05) is 33.8 Å². The summed E-state index contributed by atoms with van der Waals surface area (Å²) in [7, 11) is 0. The summed E-state index contributed by atoms with van der Waals surface area (Å²) in [4.78, 5) is 0. The number of fused-ring (bicyclic) bond motifs is 1. The number of ether oxygens (including phenoxy) is 1. The Labute approximate surface area is 110 Å². The number of hydrogen-bond acceptors (Lipinski definition) is 2. The third-order valence-electron chi connectivity index (χ3n) is 3.72. The maximum absolute atomic E-state index is 10.2. The minimum Gasteiger partial charge on any atom is -0.492 e. The van der Waals surface area contributed by atoms with E-state index in [4.69, 9.17) is 4.74 Å². The molecule has 0 amide bonds. The third kappa shape index (κ3) is 2.69. The molecule has 0 saturated heterocycles. The molecule has 1 aliphatic heterocycles. The first kappa shape index (κ1) is 13.4. The van der Waals surface area contributed by atoms with E-state index in [2.05, 4.69) is 33.8 Å². The van der Waals surface area contributed by atoms with Crippen LogP contribution in [0.4, 0.5) is 0 Å². The van der Waals surface area contributed by atoms with Crippen LogP contribution in [0.15, 0.2) is 18.2 Å². The molecule has 0 fully saturated rings. The molecule has 0 aliphatic carbocycles. The molecule has 1 unspecified atom stereocenters. The van der Waals surface area contributed by atoms with Crippen molar-refractivity contribution in [1.82, 2.24) is 0 Å². The van der Waals surface area contributed by atoms with Crippen LogP contribution in [0.25, 0.3) is 0 Å². The molecule has 1 aromatic rings. The summed E-state index contributed by atoms with van der Waals surface area (Å²) in [5.41, 5.74) is 2.31. The average Bonchev–Trinajstić information content (AvgIpc) is 2.62. The van der Waals surface area contributed by atoms with E-state index < -0.39 is 0 Å². The molecule has 0 spiro atoms. The summed E-state index contributed by atoms with van der Waals surface area (Å²) in [6, 6.07) is 6.11. The van der Waals surface area contributed by atoms with Gasteiger partial charge in [0.25, 0.3) is 0 Å². The lowest BCUT2D eigenvalue weighted by Crippen LogP contribution is -2.18. The average molecular weight is 248 g/mol. The van der Waals surface area contributed by atoms with Crippen LogP contribution in [0, 0.1) is 5.92 Å². The van der Waals surface area contributed by atoms with E-state index in [1.54, 1.807) is 0 Å². The Kier molecular flexibility index (Phi) is 3.67. The highest BCUT2D eigenvalue weighted by molar-refractivity contribution is 5.45. The van der Waals surface area contributed by atoms with Crippen molar-refractivity contribution in [2.75, 3.05) is 6.61 Å². The Bertz CT molecular complexity index is 421. The van der Waals surface area contributed by atoms with Gasteiger partial charge in [0.05, 0.1) is 12.7 Å². The molecule has 18 heavy (non-hydrogen) atoms. The standard InChI is InChI=1S/C16H24O2/c1-11(2)5-7-14(17)12-6-8-15-13(9-12)16(3,4)10-18-15/h6,8-9,11,14,17H,5,7,10H2,1-4H3. The lowest BCUT2D eigenvalue weighted by atomic mass is 9.85.